The van der Waals surface area contributed by atoms with E-state index >= 15 is 0 Å². The van der Waals surface area contributed by atoms with E-state index in [1.807, 2.05) is 17.0 Å². The maximum atomic E-state index is 13.0. The van der Waals surface area contributed by atoms with Crippen LogP contribution in [0.3, 0.4) is 0 Å². The fraction of sp³-hybridized carbons (Fsp3) is 0.600. The zero-order valence-corrected chi connectivity index (χ0v) is 15.4. The van der Waals surface area contributed by atoms with Crippen LogP contribution in [-0.4, -0.2) is 60.1 Å². The van der Waals surface area contributed by atoms with Gasteiger partial charge in [0.15, 0.2) is 0 Å². The SMILES string of the molecule is Cc1ccccc1[C@H]1CCCN1C(=O)CN1CC2(CCNCC2)OC1=O. The van der Waals surface area contributed by atoms with Gasteiger partial charge >= 0.3 is 6.09 Å². The quantitative estimate of drug-likeness (QED) is 0.901. The average molecular weight is 357 g/mol. The summed E-state index contributed by atoms with van der Waals surface area (Å²) in [5.74, 6) is 0.0266. The van der Waals surface area contributed by atoms with Gasteiger partial charge in [-0.3, -0.25) is 9.69 Å². The van der Waals surface area contributed by atoms with Gasteiger partial charge in [0.1, 0.15) is 12.1 Å². The van der Waals surface area contributed by atoms with Crippen molar-refractivity contribution in [2.75, 3.05) is 32.7 Å². The minimum atomic E-state index is -0.400. The number of hydrogen-bond donors (Lipinski definition) is 1. The van der Waals surface area contributed by atoms with Crippen LogP contribution in [0, 0.1) is 6.92 Å². The van der Waals surface area contributed by atoms with Gasteiger partial charge in [-0.2, -0.15) is 0 Å². The van der Waals surface area contributed by atoms with Gasteiger partial charge in [0.25, 0.3) is 0 Å². The van der Waals surface area contributed by atoms with Gasteiger partial charge in [0.2, 0.25) is 5.91 Å². The van der Waals surface area contributed by atoms with Crippen LogP contribution in [-0.2, 0) is 9.53 Å². The topological polar surface area (TPSA) is 61.9 Å². The van der Waals surface area contributed by atoms with E-state index in [2.05, 4.69) is 24.4 Å². The maximum absolute atomic E-state index is 13.0. The van der Waals surface area contributed by atoms with Gasteiger partial charge in [-0.1, -0.05) is 24.3 Å². The zero-order chi connectivity index (χ0) is 18.1. The standard InChI is InChI=1S/C20H27N3O3/c1-15-5-2-3-6-16(15)17-7-4-12-23(17)18(24)13-22-14-20(26-19(22)25)8-10-21-11-9-20/h2-3,5-6,17,21H,4,7-14H2,1H3/t17-/m1/s1. The number of hydrogen-bond acceptors (Lipinski definition) is 4. The van der Waals surface area contributed by atoms with E-state index in [0.717, 1.165) is 45.3 Å². The van der Waals surface area contributed by atoms with Gasteiger partial charge in [-0.15, -0.1) is 0 Å². The number of ether oxygens (including phenoxy) is 1. The molecule has 0 radical (unpaired) electrons. The van der Waals surface area contributed by atoms with Gasteiger partial charge in [0, 0.05) is 19.4 Å². The molecule has 26 heavy (non-hydrogen) atoms. The minimum absolute atomic E-state index is 0.0266. The number of aryl methyl sites for hydroxylation is 1. The molecule has 0 bridgehead atoms. The first-order valence-corrected chi connectivity index (χ1v) is 9.62. The summed E-state index contributed by atoms with van der Waals surface area (Å²) in [6, 6.07) is 8.38. The Morgan fingerprint density at radius 3 is 2.85 bits per heavy atom. The molecule has 2 amide bonds. The number of carbonyl (C=O) groups excluding carboxylic acids is 2. The van der Waals surface area contributed by atoms with Crippen molar-refractivity contribution in [3.05, 3.63) is 35.4 Å². The third-order valence-electron chi connectivity index (χ3n) is 6.00. The highest BCUT2D eigenvalue weighted by Crippen LogP contribution is 2.35. The van der Waals surface area contributed by atoms with Crippen LogP contribution in [0.2, 0.25) is 0 Å². The van der Waals surface area contributed by atoms with Crippen molar-refractivity contribution in [1.29, 1.82) is 0 Å². The van der Waals surface area contributed by atoms with Crippen molar-refractivity contribution in [3.8, 4) is 0 Å². The van der Waals surface area contributed by atoms with Crippen molar-refractivity contribution < 1.29 is 14.3 Å². The number of rotatable bonds is 3. The monoisotopic (exact) mass is 357 g/mol. The summed E-state index contributed by atoms with van der Waals surface area (Å²) >= 11 is 0. The molecule has 1 aromatic rings. The summed E-state index contributed by atoms with van der Waals surface area (Å²) in [6.07, 6.45) is 3.28. The smallest absolute Gasteiger partial charge is 0.410 e. The van der Waals surface area contributed by atoms with E-state index < -0.39 is 5.60 Å². The highest BCUT2D eigenvalue weighted by Gasteiger charge is 2.46. The number of benzene rings is 1. The first kappa shape index (κ1) is 17.3. The Morgan fingerprint density at radius 2 is 2.08 bits per heavy atom. The predicted molar refractivity (Wildman–Crippen MR) is 97.8 cm³/mol. The largest absolute Gasteiger partial charge is 0.441 e. The van der Waals surface area contributed by atoms with E-state index in [1.165, 1.54) is 11.1 Å². The predicted octanol–water partition coefficient (Wildman–Crippen LogP) is 2.23. The molecule has 1 N–H and O–H groups in total. The summed E-state index contributed by atoms with van der Waals surface area (Å²) in [6.45, 7) is 5.22. The number of piperidine rings is 1. The molecular weight excluding hydrogens is 330 g/mol. The van der Waals surface area contributed by atoms with Crippen LogP contribution in [0.5, 0.6) is 0 Å². The molecule has 0 aliphatic carbocycles. The summed E-state index contributed by atoms with van der Waals surface area (Å²) in [5.41, 5.74) is 2.03. The van der Waals surface area contributed by atoms with Crippen LogP contribution in [0.4, 0.5) is 4.79 Å². The Morgan fingerprint density at radius 1 is 1.31 bits per heavy atom. The van der Waals surface area contributed by atoms with E-state index in [4.69, 9.17) is 4.74 Å². The first-order valence-electron chi connectivity index (χ1n) is 9.62. The Labute approximate surface area is 154 Å². The molecule has 3 aliphatic heterocycles. The van der Waals surface area contributed by atoms with E-state index in [0.29, 0.717) is 6.54 Å². The molecule has 4 rings (SSSR count). The molecule has 3 fully saturated rings. The highest BCUT2D eigenvalue weighted by molar-refractivity contribution is 5.84. The average Bonchev–Trinajstić information content (AvgIpc) is 3.22. The number of nitrogens with zero attached hydrogens (tertiary/aromatic N) is 2. The number of likely N-dealkylation sites (tertiary alicyclic amines) is 1. The second-order valence-corrected chi connectivity index (χ2v) is 7.76. The van der Waals surface area contributed by atoms with Crippen LogP contribution in [0.15, 0.2) is 24.3 Å². The highest BCUT2D eigenvalue weighted by atomic mass is 16.6. The Kier molecular flexibility index (Phi) is 4.61. The van der Waals surface area contributed by atoms with Crippen LogP contribution in [0.1, 0.15) is 42.9 Å². The fourth-order valence-corrected chi connectivity index (χ4v) is 4.56. The maximum Gasteiger partial charge on any atom is 0.410 e. The zero-order valence-electron chi connectivity index (χ0n) is 15.4. The Hall–Kier alpha value is -2.08. The van der Waals surface area contributed by atoms with Crippen molar-refractivity contribution in [3.63, 3.8) is 0 Å². The lowest BCUT2D eigenvalue weighted by Gasteiger charge is -2.31. The Balaban J connectivity index is 1.44. The van der Waals surface area contributed by atoms with Gasteiger partial charge in [0.05, 0.1) is 12.6 Å². The first-order chi connectivity index (χ1) is 12.6. The van der Waals surface area contributed by atoms with E-state index in [-0.39, 0.29) is 24.6 Å². The third-order valence-corrected chi connectivity index (χ3v) is 6.00. The molecule has 3 heterocycles. The normalized spacial score (nSPS) is 25.0. The summed E-state index contributed by atoms with van der Waals surface area (Å²) < 4.78 is 5.67. The molecule has 1 aromatic carbocycles. The molecule has 3 aliphatic rings. The Bertz CT molecular complexity index is 699. The van der Waals surface area contributed by atoms with Crippen molar-refractivity contribution >= 4 is 12.0 Å². The second kappa shape index (κ2) is 6.91. The summed E-state index contributed by atoms with van der Waals surface area (Å²) in [7, 11) is 0. The molecule has 1 atom stereocenters. The number of amides is 2. The summed E-state index contributed by atoms with van der Waals surface area (Å²) in [5, 5.41) is 3.30. The molecule has 140 valence electrons. The number of nitrogens with one attached hydrogen (secondary N) is 1. The van der Waals surface area contributed by atoms with E-state index in [9.17, 15) is 9.59 Å². The third kappa shape index (κ3) is 3.18. The van der Waals surface area contributed by atoms with Crippen LogP contribution >= 0.6 is 0 Å². The van der Waals surface area contributed by atoms with Crippen molar-refractivity contribution in [1.82, 2.24) is 15.1 Å². The van der Waals surface area contributed by atoms with Crippen molar-refractivity contribution in [2.24, 2.45) is 0 Å². The van der Waals surface area contributed by atoms with Gasteiger partial charge in [-0.05, 0) is 44.0 Å². The molecular formula is C20H27N3O3. The van der Waals surface area contributed by atoms with Crippen molar-refractivity contribution in [2.45, 2.75) is 44.2 Å². The molecule has 6 heteroatoms. The van der Waals surface area contributed by atoms with E-state index in [1.54, 1.807) is 4.90 Å². The fourth-order valence-electron chi connectivity index (χ4n) is 4.56. The molecule has 0 aromatic heterocycles. The molecule has 0 saturated carbocycles. The lowest BCUT2D eigenvalue weighted by atomic mass is 9.92. The van der Waals surface area contributed by atoms with Gasteiger partial charge in [-0.25, -0.2) is 4.79 Å². The minimum Gasteiger partial charge on any atom is -0.441 e. The second-order valence-electron chi connectivity index (χ2n) is 7.76. The lowest BCUT2D eigenvalue weighted by molar-refractivity contribution is -0.132. The molecule has 6 nitrogen and oxygen atoms in total. The van der Waals surface area contributed by atoms with Crippen LogP contribution in [0.25, 0.3) is 0 Å². The molecule has 3 saturated heterocycles. The lowest BCUT2D eigenvalue weighted by Crippen LogP contribution is -2.46. The van der Waals surface area contributed by atoms with Gasteiger partial charge < -0.3 is 15.0 Å². The number of carbonyl (C=O) groups is 2. The van der Waals surface area contributed by atoms with Crippen LogP contribution < -0.4 is 5.32 Å². The molecule has 1 spiro atoms. The summed E-state index contributed by atoms with van der Waals surface area (Å²) in [4.78, 5) is 28.8. The molecule has 0 unspecified atom stereocenters.